The fraction of sp³-hybridized carbons (Fsp3) is 0.615. The molecule has 0 aromatic carbocycles. The lowest BCUT2D eigenvalue weighted by molar-refractivity contribution is -0.142. The molecule has 1 aliphatic heterocycles. The van der Waals surface area contributed by atoms with E-state index in [2.05, 4.69) is 10.4 Å². The molecule has 1 atom stereocenters. The fourth-order valence-electron chi connectivity index (χ4n) is 2.37. The minimum atomic E-state index is -0.373. The Bertz CT molecular complexity index is 495. The molecule has 6 nitrogen and oxygen atoms in total. The van der Waals surface area contributed by atoms with Crippen molar-refractivity contribution in [2.24, 2.45) is 0 Å². The summed E-state index contributed by atoms with van der Waals surface area (Å²) >= 11 is 0. The van der Waals surface area contributed by atoms with Crippen molar-refractivity contribution in [3.63, 3.8) is 0 Å². The highest BCUT2D eigenvalue weighted by Gasteiger charge is 2.28. The molecule has 0 saturated carbocycles. The van der Waals surface area contributed by atoms with Crippen molar-refractivity contribution >= 4 is 11.8 Å². The van der Waals surface area contributed by atoms with E-state index in [9.17, 15) is 9.59 Å². The second kappa shape index (κ2) is 5.42. The van der Waals surface area contributed by atoms with Crippen molar-refractivity contribution in [3.05, 3.63) is 17.5 Å². The first-order chi connectivity index (χ1) is 8.99. The number of aromatic nitrogens is 2. The fourth-order valence-corrected chi connectivity index (χ4v) is 2.37. The lowest BCUT2D eigenvalue weighted by Crippen LogP contribution is -2.55. The highest BCUT2D eigenvalue weighted by Crippen LogP contribution is 2.08. The van der Waals surface area contributed by atoms with E-state index in [1.807, 2.05) is 24.6 Å². The van der Waals surface area contributed by atoms with Crippen LogP contribution < -0.4 is 5.32 Å². The summed E-state index contributed by atoms with van der Waals surface area (Å²) < 4.78 is 1.84. The first-order valence-corrected chi connectivity index (χ1v) is 6.57. The van der Waals surface area contributed by atoms with Gasteiger partial charge >= 0.3 is 0 Å². The van der Waals surface area contributed by atoms with Crippen LogP contribution in [0.4, 0.5) is 0 Å². The largest absolute Gasteiger partial charge is 0.353 e. The summed E-state index contributed by atoms with van der Waals surface area (Å²) in [5.41, 5.74) is 2.01. The SMILES string of the molecule is Cc1cc(C)n(CCC(=O)N2CCNC(=O)C2C)n1. The zero-order chi connectivity index (χ0) is 14.0. The Morgan fingerprint density at radius 3 is 2.89 bits per heavy atom. The summed E-state index contributed by atoms with van der Waals surface area (Å²) in [4.78, 5) is 25.3. The zero-order valence-corrected chi connectivity index (χ0v) is 11.6. The van der Waals surface area contributed by atoms with Crippen molar-refractivity contribution < 1.29 is 9.59 Å². The average molecular weight is 264 g/mol. The predicted octanol–water partition coefficient (Wildman–Crippen LogP) is 0.237. The molecule has 1 N–H and O–H groups in total. The van der Waals surface area contributed by atoms with Crippen molar-refractivity contribution in [3.8, 4) is 0 Å². The number of carbonyl (C=O) groups is 2. The molecule has 1 aromatic rings. The Hall–Kier alpha value is -1.85. The Kier molecular flexibility index (Phi) is 3.87. The summed E-state index contributed by atoms with van der Waals surface area (Å²) in [5, 5.41) is 7.08. The molecule has 6 heteroatoms. The highest BCUT2D eigenvalue weighted by molar-refractivity contribution is 5.88. The lowest BCUT2D eigenvalue weighted by atomic mass is 10.2. The van der Waals surface area contributed by atoms with Gasteiger partial charge in [-0.1, -0.05) is 0 Å². The van der Waals surface area contributed by atoms with E-state index in [0.29, 0.717) is 26.1 Å². The van der Waals surface area contributed by atoms with E-state index < -0.39 is 0 Å². The molecule has 2 rings (SSSR count). The van der Waals surface area contributed by atoms with Crippen LogP contribution in [0, 0.1) is 13.8 Å². The minimum Gasteiger partial charge on any atom is -0.353 e. The number of nitrogens with zero attached hydrogens (tertiary/aromatic N) is 3. The minimum absolute atomic E-state index is 0.00917. The van der Waals surface area contributed by atoms with Gasteiger partial charge in [-0.15, -0.1) is 0 Å². The smallest absolute Gasteiger partial charge is 0.242 e. The highest BCUT2D eigenvalue weighted by atomic mass is 16.2. The van der Waals surface area contributed by atoms with Crippen LogP contribution in [0.15, 0.2) is 6.07 Å². The van der Waals surface area contributed by atoms with Gasteiger partial charge in [-0.3, -0.25) is 14.3 Å². The van der Waals surface area contributed by atoms with Crippen molar-refractivity contribution in [2.45, 2.75) is 39.8 Å². The first-order valence-electron chi connectivity index (χ1n) is 6.57. The van der Waals surface area contributed by atoms with Gasteiger partial charge in [0.15, 0.2) is 0 Å². The van der Waals surface area contributed by atoms with Crippen LogP contribution in [-0.2, 0) is 16.1 Å². The summed E-state index contributed by atoms with van der Waals surface area (Å²) in [6, 6.07) is 1.61. The molecule has 0 radical (unpaired) electrons. The maximum Gasteiger partial charge on any atom is 0.242 e. The second-order valence-corrected chi connectivity index (χ2v) is 4.95. The third-order valence-corrected chi connectivity index (χ3v) is 3.46. The molecule has 2 amide bonds. The van der Waals surface area contributed by atoms with Crippen LogP contribution in [0.5, 0.6) is 0 Å². The summed E-state index contributed by atoms with van der Waals surface area (Å²) in [5.74, 6) is -0.0689. The van der Waals surface area contributed by atoms with Gasteiger partial charge in [0.1, 0.15) is 6.04 Å². The summed E-state index contributed by atoms with van der Waals surface area (Å²) in [6.45, 7) is 7.35. The number of aryl methyl sites for hydroxylation is 3. The van der Waals surface area contributed by atoms with Gasteiger partial charge in [-0.05, 0) is 26.8 Å². The molecule has 104 valence electrons. The van der Waals surface area contributed by atoms with Crippen molar-refractivity contribution in [2.75, 3.05) is 13.1 Å². The molecule has 1 aliphatic rings. The van der Waals surface area contributed by atoms with E-state index in [0.717, 1.165) is 11.4 Å². The van der Waals surface area contributed by atoms with Crippen LogP contribution in [0.3, 0.4) is 0 Å². The first kappa shape index (κ1) is 13.6. The predicted molar refractivity (Wildman–Crippen MR) is 70.5 cm³/mol. The Labute approximate surface area is 112 Å². The van der Waals surface area contributed by atoms with Gasteiger partial charge in [-0.25, -0.2) is 0 Å². The molecule has 2 heterocycles. The van der Waals surface area contributed by atoms with Crippen molar-refractivity contribution in [1.82, 2.24) is 20.0 Å². The number of carbonyl (C=O) groups excluding carboxylic acids is 2. The van der Waals surface area contributed by atoms with Gasteiger partial charge < -0.3 is 10.2 Å². The molecule has 0 aliphatic carbocycles. The molecule has 1 fully saturated rings. The molecular weight excluding hydrogens is 244 g/mol. The maximum atomic E-state index is 12.2. The number of rotatable bonds is 3. The third kappa shape index (κ3) is 2.94. The quantitative estimate of drug-likeness (QED) is 0.850. The summed E-state index contributed by atoms with van der Waals surface area (Å²) in [6.07, 6.45) is 0.375. The maximum absolute atomic E-state index is 12.2. The second-order valence-electron chi connectivity index (χ2n) is 4.95. The monoisotopic (exact) mass is 264 g/mol. The van der Waals surface area contributed by atoms with Crippen LogP contribution >= 0.6 is 0 Å². The molecule has 0 spiro atoms. The van der Waals surface area contributed by atoms with Crippen LogP contribution in [0.2, 0.25) is 0 Å². The van der Waals surface area contributed by atoms with Gasteiger partial charge in [0.05, 0.1) is 5.69 Å². The molecule has 0 bridgehead atoms. The third-order valence-electron chi connectivity index (χ3n) is 3.46. The standard InChI is InChI=1S/C13H20N4O2/c1-9-8-10(2)17(15-9)6-4-12(18)16-7-5-14-13(19)11(16)3/h8,11H,4-7H2,1-3H3,(H,14,19). The Morgan fingerprint density at radius 1 is 1.53 bits per heavy atom. The van der Waals surface area contributed by atoms with E-state index in [1.165, 1.54) is 0 Å². The van der Waals surface area contributed by atoms with E-state index >= 15 is 0 Å². The van der Waals surface area contributed by atoms with E-state index in [-0.39, 0.29) is 17.9 Å². The Balaban J connectivity index is 1.94. The lowest BCUT2D eigenvalue weighted by Gasteiger charge is -2.32. The van der Waals surface area contributed by atoms with Gasteiger partial charge in [0, 0.05) is 31.7 Å². The van der Waals surface area contributed by atoms with Crippen LogP contribution in [0.25, 0.3) is 0 Å². The normalized spacial score (nSPS) is 19.4. The number of piperazine rings is 1. The van der Waals surface area contributed by atoms with Gasteiger partial charge in [0.2, 0.25) is 11.8 Å². The molecule has 1 aromatic heterocycles. The van der Waals surface area contributed by atoms with Crippen LogP contribution in [-0.4, -0.2) is 45.6 Å². The molecular formula is C13H20N4O2. The molecule has 1 unspecified atom stereocenters. The van der Waals surface area contributed by atoms with Gasteiger partial charge in [-0.2, -0.15) is 5.10 Å². The van der Waals surface area contributed by atoms with Crippen molar-refractivity contribution in [1.29, 1.82) is 0 Å². The topological polar surface area (TPSA) is 67.2 Å². The number of hydrogen-bond donors (Lipinski definition) is 1. The Morgan fingerprint density at radius 2 is 2.26 bits per heavy atom. The summed E-state index contributed by atoms with van der Waals surface area (Å²) in [7, 11) is 0. The van der Waals surface area contributed by atoms with Crippen LogP contribution in [0.1, 0.15) is 24.7 Å². The number of nitrogens with one attached hydrogen (secondary N) is 1. The van der Waals surface area contributed by atoms with E-state index in [1.54, 1.807) is 11.8 Å². The average Bonchev–Trinajstić information content (AvgIpc) is 2.68. The van der Waals surface area contributed by atoms with E-state index in [4.69, 9.17) is 0 Å². The molecule has 1 saturated heterocycles. The van der Waals surface area contributed by atoms with Gasteiger partial charge in [0.25, 0.3) is 0 Å². The number of amides is 2. The number of hydrogen-bond acceptors (Lipinski definition) is 3. The molecule has 19 heavy (non-hydrogen) atoms. The zero-order valence-electron chi connectivity index (χ0n) is 11.6.